The van der Waals surface area contributed by atoms with E-state index in [9.17, 15) is 25.5 Å². The number of rotatable bonds is 43. The van der Waals surface area contributed by atoms with Crippen LogP contribution in [0.2, 0.25) is 0 Å². The number of thiocarbonyl (C=S) groups is 1. The number of nitrogens with two attached hydrogens (primary N) is 2. The van der Waals surface area contributed by atoms with Gasteiger partial charge in [-0.15, -0.1) is 23.2 Å². The number of hydrogen-bond acceptors (Lipinski definition) is 28. The van der Waals surface area contributed by atoms with Crippen molar-refractivity contribution < 1.29 is 55.8 Å². The van der Waals surface area contributed by atoms with E-state index in [1.807, 2.05) is 23.5 Å². The van der Waals surface area contributed by atoms with Crippen LogP contribution in [0.25, 0.3) is 0 Å². The zero-order chi connectivity index (χ0) is 58.6. The maximum absolute atomic E-state index is 9.73. The fraction of sp³-hybridized carbons (Fsp3) is 0.976. The van der Waals surface area contributed by atoms with Crippen molar-refractivity contribution in [2.24, 2.45) is 11.5 Å². The third-order valence-electron chi connectivity index (χ3n) is 6.63. The Morgan fingerprint density at radius 3 is 0.922 bits per heavy atom. The zero-order valence-corrected chi connectivity index (χ0v) is 65.1. The molecule has 1 saturated heterocycles. The first-order valence-electron chi connectivity index (χ1n) is 23.8. The fourth-order valence-corrected chi connectivity index (χ4v) is 14.9. The molecule has 14 N–H and O–H groups in total. The van der Waals surface area contributed by atoms with Crippen LogP contribution >= 0.6 is 242 Å². The molecule has 0 aliphatic carbocycles. The van der Waals surface area contributed by atoms with E-state index in [-0.39, 0.29) is 88.9 Å². The van der Waals surface area contributed by atoms with E-state index >= 15 is 0 Å². The van der Waals surface area contributed by atoms with Gasteiger partial charge in [-0.2, -0.15) is 207 Å². The molecule has 8 atom stereocenters. The van der Waals surface area contributed by atoms with Gasteiger partial charge >= 0.3 is 43.6 Å². The normalized spacial score (nSPS) is 14.4. The molecule has 0 spiro atoms. The van der Waals surface area contributed by atoms with Gasteiger partial charge in [0.05, 0.1) is 81.6 Å². The molecular weight excluding hydrogens is 1400 g/mol. The molecule has 1 aliphatic rings. The topological polar surface area (TPSA) is 267 Å². The van der Waals surface area contributed by atoms with E-state index in [0.29, 0.717) is 80.5 Å². The predicted octanol–water partition coefficient (Wildman–Crippen LogP) is 4.38. The molecule has 35 heteroatoms. The molecule has 13 nitrogen and oxygen atoms in total. The molecule has 0 saturated carbocycles. The van der Waals surface area contributed by atoms with Crippen LogP contribution in [0.15, 0.2) is 0 Å². The Morgan fingerprint density at radius 2 is 0.727 bits per heavy atom. The van der Waals surface area contributed by atoms with Crippen molar-refractivity contribution >= 4 is 291 Å². The molecule has 0 aromatic carbocycles. The Balaban J connectivity index is -0.000000105. The van der Waals surface area contributed by atoms with Crippen molar-refractivity contribution in [2.75, 3.05) is 189 Å². The number of ether oxygens (including phenoxy) is 1. The first kappa shape index (κ1) is 104. The van der Waals surface area contributed by atoms with Crippen molar-refractivity contribution in [3.05, 3.63) is 0 Å². The van der Waals surface area contributed by atoms with E-state index in [1.54, 1.807) is 47.0 Å². The van der Waals surface area contributed by atoms with Crippen molar-refractivity contribution in [1.29, 1.82) is 0 Å². The van der Waals surface area contributed by atoms with Crippen LogP contribution in [0.1, 0.15) is 7.43 Å². The Morgan fingerprint density at radius 1 is 0.481 bits per heavy atom. The SMILES string of the molecule is C.ClCC1CO1.NC(N)=S.OC(CSCCS)CSCC(CS)SCCS.OC(CSCCS)CSCC(O)CSCCS.OCCS.OCCSCC(O)CCl.OCCSCC(O)CSCC(O)CSCCO.S.[Na][Na]. The van der Waals surface area contributed by atoms with Gasteiger partial charge in [-0.05, 0) is 35.2 Å². The molecule has 0 bridgehead atoms. The van der Waals surface area contributed by atoms with Gasteiger partial charge in [0.1, 0.15) is 0 Å². The number of thioether (sulfide) groups is 10. The summed E-state index contributed by atoms with van der Waals surface area (Å²) in [6.45, 7) is 1.52. The molecule has 0 radical (unpaired) electrons. The molecule has 0 amide bonds. The number of alkyl halides is 2. The monoisotopic (exact) mass is 1500 g/mol. The quantitative estimate of drug-likeness (QED) is 0.0101. The van der Waals surface area contributed by atoms with Gasteiger partial charge in [0.25, 0.3) is 0 Å². The molecular formula is C42H98Cl2N2Na2O11S18. The molecule has 1 fully saturated rings. The molecule has 0 aromatic rings. The predicted molar refractivity (Wildman–Crippen MR) is 400 cm³/mol. The first-order chi connectivity index (χ1) is 36.0. The summed E-state index contributed by atoms with van der Waals surface area (Å²) in [7, 11) is 0. The Bertz CT molecular complexity index is 961. The Labute approximate surface area is 593 Å². The number of halogens is 2. The summed E-state index contributed by atoms with van der Waals surface area (Å²) in [6, 6.07) is 0. The van der Waals surface area contributed by atoms with Gasteiger partial charge in [-0.1, -0.05) is 7.43 Å². The van der Waals surface area contributed by atoms with Crippen LogP contribution in [0.4, 0.5) is 0 Å². The number of thiol groups is 6. The van der Waals surface area contributed by atoms with E-state index in [2.05, 4.69) is 99.5 Å². The van der Waals surface area contributed by atoms with E-state index in [0.717, 1.165) is 87.1 Å². The minimum atomic E-state index is -0.428. The second kappa shape index (κ2) is 94.9. The molecule has 466 valence electrons. The van der Waals surface area contributed by atoms with Gasteiger partial charge in [0, 0.05) is 132 Å². The maximum atomic E-state index is 9.73. The Hall–Kier alpha value is 7.78. The molecule has 77 heavy (non-hydrogen) atoms. The van der Waals surface area contributed by atoms with E-state index in [1.165, 1.54) is 90.7 Å². The average molecular weight is 1500 g/mol. The molecule has 0 aromatic heterocycles. The number of aliphatic hydroxyl groups is 10. The second-order valence-corrected chi connectivity index (χ2v) is 29.1. The summed E-state index contributed by atoms with van der Waals surface area (Å²) < 4.78 is 4.73. The summed E-state index contributed by atoms with van der Waals surface area (Å²) in [5, 5.41) is 90.8. The fourth-order valence-electron chi connectivity index (χ4n) is 3.53. The third kappa shape index (κ3) is 115. The summed E-state index contributed by atoms with van der Waals surface area (Å²) in [6.07, 6.45) is -1.53. The summed E-state index contributed by atoms with van der Waals surface area (Å²) in [4.78, 5) is 0. The van der Waals surface area contributed by atoms with Gasteiger partial charge in [-0.3, -0.25) is 0 Å². The number of hydrogen-bond donors (Lipinski definition) is 18. The summed E-state index contributed by atoms with van der Waals surface area (Å²) >= 11 is 58.8. The van der Waals surface area contributed by atoms with Gasteiger partial charge in [-0.25, -0.2) is 0 Å². The third-order valence-corrected chi connectivity index (χ3v) is 22.1. The van der Waals surface area contributed by atoms with Crippen LogP contribution in [0.5, 0.6) is 0 Å². The van der Waals surface area contributed by atoms with Crippen molar-refractivity contribution in [1.82, 2.24) is 0 Å². The van der Waals surface area contributed by atoms with Crippen molar-refractivity contribution in [3.8, 4) is 0 Å². The number of epoxide rings is 1. The van der Waals surface area contributed by atoms with E-state index < -0.39 is 6.10 Å². The van der Waals surface area contributed by atoms with Gasteiger partial charge in [0.15, 0.2) is 5.11 Å². The Kier molecular flexibility index (Phi) is 128. The minimum absolute atomic E-state index is 0. The van der Waals surface area contributed by atoms with Crippen LogP contribution < -0.4 is 11.5 Å². The van der Waals surface area contributed by atoms with Crippen molar-refractivity contribution in [3.63, 3.8) is 0 Å². The molecule has 1 aliphatic heterocycles. The van der Waals surface area contributed by atoms with E-state index in [4.69, 9.17) is 53.5 Å². The first-order valence-corrected chi connectivity index (χ1v) is 48.5. The van der Waals surface area contributed by atoms with Gasteiger partial charge < -0.3 is 67.3 Å². The second-order valence-electron chi connectivity index (χ2n) is 13.8. The van der Waals surface area contributed by atoms with Crippen molar-refractivity contribution in [2.45, 2.75) is 55.4 Å². The van der Waals surface area contributed by atoms with Crippen LogP contribution in [0, 0.1) is 0 Å². The van der Waals surface area contributed by atoms with Gasteiger partial charge in [0.2, 0.25) is 0 Å². The molecule has 1 heterocycles. The van der Waals surface area contributed by atoms with Crippen LogP contribution in [-0.4, -0.2) is 336 Å². The average Bonchev–Trinajstić information content (AvgIpc) is 4.24. The van der Waals surface area contributed by atoms with Crippen LogP contribution in [-0.2, 0) is 4.74 Å². The molecule has 1 rings (SSSR count). The summed E-state index contributed by atoms with van der Waals surface area (Å²) in [5.74, 6) is 20.7. The molecule has 8 unspecified atom stereocenters. The zero-order valence-electron chi connectivity index (χ0n) is 44.2. The number of aliphatic hydroxyl groups excluding tert-OH is 10. The summed E-state index contributed by atoms with van der Waals surface area (Å²) in [5.41, 5.74) is 9.24. The standard InChI is InChI=1S/C10H22O4S3.C10H22O2S5.C10H22OS6.C5H11ClO2S.C3H5ClO.C2H6OS.CH4N2S.CH4.2Na.H2S/c11-1-3-15-5-9(13)7-17-8-10(14)6-16-4-2-12;11-9(5-15-3-1-13)7-17-8-10(12)6-16-4-2-14;11-9(6-15-3-1-12)7-16-8-10(5-14)17-4-2-13;6-3-5(8)4-9-2-1-7;4-1-3-2-5-3;3-1-2-4;2-1(3)4;;;;/h3*9-14H,1-8H2;5,7-8H,1-4H2;3H,1-2H2;3-4H,1-2H2;(H4,2,3,4);1H4;;;1H2. The van der Waals surface area contributed by atoms with Crippen LogP contribution in [0.3, 0.4) is 0 Å².